The maximum atomic E-state index is 12.3. The number of carbonyl (C=O) groups is 1. The summed E-state index contributed by atoms with van der Waals surface area (Å²) in [4.78, 5) is 16.5. The van der Waals surface area contributed by atoms with E-state index in [1.807, 2.05) is 37.3 Å². The van der Waals surface area contributed by atoms with Gasteiger partial charge in [0.05, 0.1) is 19.0 Å². The van der Waals surface area contributed by atoms with Crippen molar-refractivity contribution in [3.63, 3.8) is 0 Å². The molecule has 166 valence electrons. The number of benzene rings is 1. The molecule has 1 unspecified atom stereocenters. The average Bonchev–Trinajstić information content (AvgIpc) is 2.56. The molecule has 10 heteroatoms. The Morgan fingerprint density at radius 2 is 1.76 bits per heavy atom. The number of hydrogen-bond donors (Lipinski definition) is 3. The number of aliphatic imine (C=N–C) groups is 1. The van der Waals surface area contributed by atoms with E-state index in [1.54, 1.807) is 20.8 Å². The topological polar surface area (TPSA) is 74.8 Å². The third kappa shape index (κ3) is 13.2. The highest BCUT2D eigenvalue weighted by Gasteiger charge is 2.26. The molecule has 0 aromatic heterocycles. The number of amides is 1. The zero-order chi connectivity index (χ0) is 21.2. The SMILES string of the molecule is CCNC(=NCC(NC(=O)OC(C)(C)C)c1ccccc1)NCCC(F)(F)F.I. The minimum Gasteiger partial charge on any atom is -0.444 e. The number of guanidine groups is 1. The highest BCUT2D eigenvalue weighted by molar-refractivity contribution is 14.0. The number of alkyl carbamates (subject to hydrolysis) is 1. The van der Waals surface area contributed by atoms with Crippen LogP contribution in [0.3, 0.4) is 0 Å². The third-order valence-corrected chi connectivity index (χ3v) is 3.37. The number of nitrogens with zero attached hydrogens (tertiary/aromatic N) is 1. The Kier molecular flexibility index (Phi) is 12.0. The molecule has 1 rings (SSSR count). The van der Waals surface area contributed by atoms with Gasteiger partial charge in [0.1, 0.15) is 5.60 Å². The lowest BCUT2D eigenvalue weighted by molar-refractivity contribution is -0.132. The summed E-state index contributed by atoms with van der Waals surface area (Å²) in [5.74, 6) is 0.249. The van der Waals surface area contributed by atoms with Gasteiger partial charge in [0.15, 0.2) is 5.96 Å². The second kappa shape index (κ2) is 12.8. The Morgan fingerprint density at radius 1 is 1.14 bits per heavy atom. The van der Waals surface area contributed by atoms with Crippen LogP contribution in [0.1, 0.15) is 45.7 Å². The average molecular weight is 530 g/mol. The minimum atomic E-state index is -4.24. The van der Waals surface area contributed by atoms with E-state index in [-0.39, 0.29) is 43.0 Å². The van der Waals surface area contributed by atoms with Gasteiger partial charge in [-0.15, -0.1) is 24.0 Å². The molecule has 0 spiro atoms. The van der Waals surface area contributed by atoms with Crippen molar-refractivity contribution in [3.05, 3.63) is 35.9 Å². The van der Waals surface area contributed by atoms with Crippen LogP contribution in [0.25, 0.3) is 0 Å². The second-order valence-corrected chi connectivity index (χ2v) is 7.12. The van der Waals surface area contributed by atoms with Crippen molar-refractivity contribution >= 4 is 36.0 Å². The molecule has 0 radical (unpaired) electrons. The highest BCUT2D eigenvalue weighted by Crippen LogP contribution is 2.18. The molecule has 6 nitrogen and oxygen atoms in total. The Bertz CT molecular complexity index is 635. The molecule has 3 N–H and O–H groups in total. The van der Waals surface area contributed by atoms with Gasteiger partial charge in [-0.1, -0.05) is 30.3 Å². The fourth-order valence-corrected chi connectivity index (χ4v) is 2.22. The Labute approximate surface area is 187 Å². The van der Waals surface area contributed by atoms with Crippen molar-refractivity contribution in [1.29, 1.82) is 0 Å². The first-order chi connectivity index (χ1) is 13.0. The van der Waals surface area contributed by atoms with Gasteiger partial charge in [0, 0.05) is 13.1 Å². The number of nitrogens with one attached hydrogen (secondary N) is 3. The molecule has 0 fully saturated rings. The van der Waals surface area contributed by atoms with Crippen LogP contribution in [0.4, 0.5) is 18.0 Å². The molecule has 1 aromatic rings. The van der Waals surface area contributed by atoms with Crippen LogP contribution in [0.2, 0.25) is 0 Å². The Morgan fingerprint density at radius 3 is 2.28 bits per heavy atom. The summed E-state index contributed by atoms with van der Waals surface area (Å²) in [7, 11) is 0. The minimum absolute atomic E-state index is 0. The van der Waals surface area contributed by atoms with E-state index in [4.69, 9.17) is 4.74 Å². The van der Waals surface area contributed by atoms with Crippen LogP contribution in [-0.4, -0.2) is 43.5 Å². The number of alkyl halides is 3. The molecular weight excluding hydrogens is 500 g/mol. The van der Waals surface area contributed by atoms with E-state index < -0.39 is 30.3 Å². The monoisotopic (exact) mass is 530 g/mol. The zero-order valence-electron chi connectivity index (χ0n) is 17.1. The number of ether oxygens (including phenoxy) is 1. The van der Waals surface area contributed by atoms with Gasteiger partial charge in [-0.3, -0.25) is 4.99 Å². The first kappa shape index (κ1) is 27.3. The first-order valence-electron chi connectivity index (χ1n) is 9.13. The van der Waals surface area contributed by atoms with E-state index in [0.29, 0.717) is 6.54 Å². The molecule has 0 bridgehead atoms. The lowest BCUT2D eigenvalue weighted by Crippen LogP contribution is -2.40. The quantitative estimate of drug-likeness (QED) is 0.278. The number of rotatable bonds is 7. The molecule has 0 saturated carbocycles. The van der Waals surface area contributed by atoms with Crippen molar-refractivity contribution in [2.75, 3.05) is 19.6 Å². The summed E-state index contributed by atoms with van der Waals surface area (Å²) >= 11 is 0. The standard InChI is InChI=1S/C19H29F3N4O2.HI/c1-5-23-16(24-12-11-19(20,21)22)25-13-15(14-9-7-6-8-10-14)26-17(27)28-18(2,3)4;/h6-10,15H,5,11-13H2,1-4H3,(H,26,27)(H2,23,24,25);1H. The summed E-state index contributed by atoms with van der Waals surface area (Å²) in [6.07, 6.45) is -5.79. The smallest absolute Gasteiger partial charge is 0.408 e. The molecule has 0 heterocycles. The van der Waals surface area contributed by atoms with Gasteiger partial charge >= 0.3 is 12.3 Å². The normalized spacial score (nSPS) is 13.1. The van der Waals surface area contributed by atoms with E-state index in [0.717, 1.165) is 5.56 Å². The van der Waals surface area contributed by atoms with Crippen molar-refractivity contribution in [2.24, 2.45) is 4.99 Å². The van der Waals surface area contributed by atoms with E-state index in [2.05, 4.69) is 20.9 Å². The largest absolute Gasteiger partial charge is 0.444 e. The number of halogens is 4. The number of carbonyl (C=O) groups excluding carboxylic acids is 1. The van der Waals surface area contributed by atoms with Crippen molar-refractivity contribution in [2.45, 2.75) is 51.9 Å². The van der Waals surface area contributed by atoms with Gasteiger partial charge in [-0.05, 0) is 33.3 Å². The summed E-state index contributed by atoms with van der Waals surface area (Å²) in [5, 5.41) is 8.31. The lowest BCUT2D eigenvalue weighted by Gasteiger charge is -2.23. The molecule has 0 aliphatic heterocycles. The predicted molar refractivity (Wildman–Crippen MR) is 119 cm³/mol. The first-order valence-corrected chi connectivity index (χ1v) is 9.13. The van der Waals surface area contributed by atoms with Crippen molar-refractivity contribution in [3.8, 4) is 0 Å². The molecular formula is C19H30F3IN4O2. The molecule has 1 atom stereocenters. The van der Waals surface area contributed by atoms with Crippen molar-refractivity contribution < 1.29 is 22.7 Å². The maximum absolute atomic E-state index is 12.3. The summed E-state index contributed by atoms with van der Waals surface area (Å²) < 4.78 is 42.3. The summed E-state index contributed by atoms with van der Waals surface area (Å²) in [6.45, 7) is 7.43. The molecule has 0 aliphatic rings. The van der Waals surface area contributed by atoms with Gasteiger partial charge in [0.2, 0.25) is 0 Å². The van der Waals surface area contributed by atoms with Crippen LogP contribution >= 0.6 is 24.0 Å². The third-order valence-electron chi connectivity index (χ3n) is 3.37. The van der Waals surface area contributed by atoms with Gasteiger partial charge in [-0.25, -0.2) is 4.79 Å². The summed E-state index contributed by atoms with van der Waals surface area (Å²) in [5.41, 5.74) is 0.158. The molecule has 0 aliphatic carbocycles. The second-order valence-electron chi connectivity index (χ2n) is 7.12. The van der Waals surface area contributed by atoms with Gasteiger partial charge in [-0.2, -0.15) is 13.2 Å². The fourth-order valence-electron chi connectivity index (χ4n) is 2.22. The molecule has 0 saturated heterocycles. The van der Waals surface area contributed by atoms with E-state index >= 15 is 0 Å². The van der Waals surface area contributed by atoms with Crippen molar-refractivity contribution in [1.82, 2.24) is 16.0 Å². The highest BCUT2D eigenvalue weighted by atomic mass is 127. The molecule has 29 heavy (non-hydrogen) atoms. The fraction of sp³-hybridized carbons (Fsp3) is 0.579. The Balaban J connectivity index is 0.00000784. The van der Waals surface area contributed by atoms with Crippen LogP contribution in [0, 0.1) is 0 Å². The maximum Gasteiger partial charge on any atom is 0.408 e. The Hall–Kier alpha value is -1.72. The number of hydrogen-bond acceptors (Lipinski definition) is 3. The van der Waals surface area contributed by atoms with Crippen LogP contribution < -0.4 is 16.0 Å². The summed E-state index contributed by atoms with van der Waals surface area (Å²) in [6, 6.07) is 8.68. The van der Waals surface area contributed by atoms with Gasteiger partial charge < -0.3 is 20.7 Å². The van der Waals surface area contributed by atoms with E-state index in [1.165, 1.54) is 0 Å². The van der Waals surface area contributed by atoms with Crippen LogP contribution in [0.15, 0.2) is 35.3 Å². The molecule has 1 amide bonds. The van der Waals surface area contributed by atoms with E-state index in [9.17, 15) is 18.0 Å². The molecule has 1 aromatic carbocycles. The zero-order valence-corrected chi connectivity index (χ0v) is 19.4. The van der Waals surface area contributed by atoms with Gasteiger partial charge in [0.25, 0.3) is 0 Å². The van der Waals surface area contributed by atoms with Crippen LogP contribution in [-0.2, 0) is 4.74 Å². The predicted octanol–water partition coefficient (Wildman–Crippen LogP) is 4.38. The lowest BCUT2D eigenvalue weighted by atomic mass is 10.1. The van der Waals surface area contributed by atoms with Crippen LogP contribution in [0.5, 0.6) is 0 Å².